The fraction of sp³-hybridized carbons (Fsp3) is 0.917. The normalized spacial score (nSPS) is 24.2. The maximum absolute atomic E-state index is 11.8. The molecule has 7 heteroatoms. The Labute approximate surface area is 110 Å². The van der Waals surface area contributed by atoms with Gasteiger partial charge in [-0.15, -0.1) is 0 Å². The minimum atomic E-state index is -4.34. The van der Waals surface area contributed by atoms with Gasteiger partial charge in [-0.1, -0.05) is 12.8 Å². The average molecular weight is 282 g/mol. The fourth-order valence-electron chi connectivity index (χ4n) is 2.31. The van der Waals surface area contributed by atoms with Crippen molar-refractivity contribution < 1.29 is 22.7 Å². The van der Waals surface area contributed by atoms with Crippen molar-refractivity contribution in [1.29, 1.82) is 0 Å². The molecule has 0 radical (unpaired) electrons. The summed E-state index contributed by atoms with van der Waals surface area (Å²) in [5.74, 6) is 0.00122. The van der Waals surface area contributed by atoms with Crippen LogP contribution in [0.15, 0.2) is 0 Å². The van der Waals surface area contributed by atoms with Gasteiger partial charge in [0, 0.05) is 12.5 Å². The Kier molecular flexibility index (Phi) is 6.57. The van der Waals surface area contributed by atoms with E-state index in [9.17, 15) is 18.0 Å². The van der Waals surface area contributed by atoms with Crippen LogP contribution < -0.4 is 11.1 Å². The number of hydrogen-bond donors (Lipinski definition) is 2. The topological polar surface area (TPSA) is 64.3 Å². The monoisotopic (exact) mass is 282 g/mol. The van der Waals surface area contributed by atoms with Gasteiger partial charge < -0.3 is 15.8 Å². The summed E-state index contributed by atoms with van der Waals surface area (Å²) in [6.45, 7) is -1.00. The number of ether oxygens (including phenoxy) is 1. The lowest BCUT2D eigenvalue weighted by molar-refractivity contribution is -0.174. The van der Waals surface area contributed by atoms with Crippen LogP contribution in [0.3, 0.4) is 0 Å². The summed E-state index contributed by atoms with van der Waals surface area (Å²) in [5, 5.41) is 2.84. The Hall–Kier alpha value is -0.820. The molecule has 0 bridgehead atoms. The van der Waals surface area contributed by atoms with Gasteiger partial charge in [0.2, 0.25) is 5.91 Å². The predicted molar refractivity (Wildman–Crippen MR) is 64.4 cm³/mol. The van der Waals surface area contributed by atoms with Crippen molar-refractivity contribution in [3.8, 4) is 0 Å². The maximum atomic E-state index is 11.8. The molecule has 0 saturated heterocycles. The van der Waals surface area contributed by atoms with Gasteiger partial charge in [0.05, 0.1) is 6.61 Å². The van der Waals surface area contributed by atoms with E-state index in [0.29, 0.717) is 6.54 Å². The van der Waals surface area contributed by atoms with Crippen molar-refractivity contribution in [3.05, 3.63) is 0 Å². The van der Waals surface area contributed by atoms with E-state index in [1.165, 1.54) is 0 Å². The summed E-state index contributed by atoms with van der Waals surface area (Å²) < 4.78 is 39.8. The largest absolute Gasteiger partial charge is 0.411 e. The van der Waals surface area contributed by atoms with Crippen LogP contribution in [0.5, 0.6) is 0 Å². The van der Waals surface area contributed by atoms with E-state index in [4.69, 9.17) is 5.73 Å². The Morgan fingerprint density at radius 1 is 1.32 bits per heavy atom. The second kappa shape index (κ2) is 7.69. The highest BCUT2D eigenvalue weighted by Gasteiger charge is 2.28. The van der Waals surface area contributed by atoms with Gasteiger partial charge in [-0.3, -0.25) is 4.79 Å². The number of nitrogens with one attached hydrogen (secondary N) is 1. The van der Waals surface area contributed by atoms with Crippen molar-refractivity contribution in [2.24, 2.45) is 11.7 Å². The van der Waals surface area contributed by atoms with Gasteiger partial charge in [-0.25, -0.2) is 0 Å². The summed E-state index contributed by atoms with van der Waals surface area (Å²) in [6, 6.07) is 0.0499. The quantitative estimate of drug-likeness (QED) is 0.727. The molecule has 2 atom stereocenters. The maximum Gasteiger partial charge on any atom is 0.411 e. The second-order valence-corrected chi connectivity index (χ2v) is 4.87. The first-order chi connectivity index (χ1) is 8.92. The van der Waals surface area contributed by atoms with Gasteiger partial charge in [-0.05, 0) is 25.3 Å². The fourth-order valence-corrected chi connectivity index (χ4v) is 2.31. The minimum Gasteiger partial charge on any atom is -0.372 e. The zero-order valence-electron chi connectivity index (χ0n) is 10.8. The highest BCUT2D eigenvalue weighted by molar-refractivity contribution is 5.76. The zero-order valence-corrected chi connectivity index (χ0v) is 10.8. The minimum absolute atomic E-state index is 0.0499. The van der Waals surface area contributed by atoms with Crippen molar-refractivity contribution in [1.82, 2.24) is 5.32 Å². The first-order valence-electron chi connectivity index (χ1n) is 6.56. The average Bonchev–Trinajstić information content (AvgIpc) is 2.34. The molecule has 0 aromatic carbocycles. The molecule has 0 heterocycles. The highest BCUT2D eigenvalue weighted by Crippen LogP contribution is 2.23. The standard InChI is InChI=1S/C12H21F3N2O2/c13-12(14,15)8-19-6-5-11(18)17-10-4-2-1-3-9(10)7-16/h9-10H,1-8,16H2,(H,17,18). The van der Waals surface area contributed by atoms with Crippen LogP contribution in [0.25, 0.3) is 0 Å². The Balaban J connectivity index is 2.19. The van der Waals surface area contributed by atoms with E-state index in [-0.39, 0.29) is 30.9 Å². The van der Waals surface area contributed by atoms with Crippen molar-refractivity contribution in [3.63, 3.8) is 0 Å². The molecular formula is C12H21F3N2O2. The number of carbonyl (C=O) groups excluding carboxylic acids is 1. The molecule has 1 saturated carbocycles. The van der Waals surface area contributed by atoms with E-state index in [2.05, 4.69) is 10.1 Å². The lowest BCUT2D eigenvalue weighted by Gasteiger charge is -2.31. The molecule has 112 valence electrons. The van der Waals surface area contributed by atoms with Crippen LogP contribution in [0.2, 0.25) is 0 Å². The van der Waals surface area contributed by atoms with Crippen LogP contribution in [-0.2, 0) is 9.53 Å². The molecule has 0 spiro atoms. The van der Waals surface area contributed by atoms with E-state index in [1.54, 1.807) is 0 Å². The Morgan fingerprint density at radius 3 is 2.63 bits per heavy atom. The number of alkyl halides is 3. The number of amides is 1. The van der Waals surface area contributed by atoms with Crippen molar-refractivity contribution in [2.45, 2.75) is 44.3 Å². The molecule has 1 fully saturated rings. The number of rotatable bonds is 6. The summed E-state index contributed by atoms with van der Waals surface area (Å²) in [4.78, 5) is 11.6. The third-order valence-electron chi connectivity index (χ3n) is 3.30. The third-order valence-corrected chi connectivity index (χ3v) is 3.30. The Morgan fingerprint density at radius 2 is 2.00 bits per heavy atom. The first kappa shape index (κ1) is 16.2. The van der Waals surface area contributed by atoms with Crippen LogP contribution in [0.4, 0.5) is 13.2 Å². The zero-order chi connectivity index (χ0) is 14.3. The molecule has 2 unspecified atom stereocenters. The van der Waals surface area contributed by atoms with Crippen LogP contribution in [0.1, 0.15) is 32.1 Å². The molecule has 0 aromatic rings. The van der Waals surface area contributed by atoms with Crippen LogP contribution in [-0.4, -0.2) is 37.9 Å². The van der Waals surface area contributed by atoms with Gasteiger partial charge in [-0.2, -0.15) is 13.2 Å². The van der Waals surface area contributed by atoms with Gasteiger partial charge in [0.1, 0.15) is 6.61 Å². The summed E-state index contributed by atoms with van der Waals surface area (Å²) >= 11 is 0. The predicted octanol–water partition coefficient (Wildman–Crippen LogP) is 1.59. The SMILES string of the molecule is NCC1CCCCC1NC(=O)CCOCC(F)(F)F. The molecule has 0 aliphatic heterocycles. The number of carbonyl (C=O) groups is 1. The number of hydrogen-bond acceptors (Lipinski definition) is 3. The van der Waals surface area contributed by atoms with E-state index in [1.807, 2.05) is 0 Å². The lowest BCUT2D eigenvalue weighted by atomic mass is 9.84. The third kappa shape index (κ3) is 6.77. The molecule has 19 heavy (non-hydrogen) atoms. The molecule has 1 amide bonds. The van der Waals surface area contributed by atoms with E-state index in [0.717, 1.165) is 25.7 Å². The summed E-state index contributed by atoms with van der Waals surface area (Å²) in [7, 11) is 0. The molecule has 1 aliphatic rings. The summed E-state index contributed by atoms with van der Waals surface area (Å²) in [6.07, 6.45) is -0.355. The van der Waals surface area contributed by atoms with E-state index < -0.39 is 12.8 Å². The summed E-state index contributed by atoms with van der Waals surface area (Å²) in [5.41, 5.74) is 5.64. The molecule has 4 nitrogen and oxygen atoms in total. The van der Waals surface area contributed by atoms with Gasteiger partial charge in [0.15, 0.2) is 0 Å². The second-order valence-electron chi connectivity index (χ2n) is 4.87. The molecule has 0 aromatic heterocycles. The van der Waals surface area contributed by atoms with Crippen molar-refractivity contribution in [2.75, 3.05) is 19.8 Å². The lowest BCUT2D eigenvalue weighted by Crippen LogP contribution is -2.45. The highest BCUT2D eigenvalue weighted by atomic mass is 19.4. The number of halogens is 3. The smallest absolute Gasteiger partial charge is 0.372 e. The van der Waals surface area contributed by atoms with Gasteiger partial charge >= 0.3 is 6.18 Å². The van der Waals surface area contributed by atoms with Crippen molar-refractivity contribution >= 4 is 5.91 Å². The van der Waals surface area contributed by atoms with Crippen LogP contribution >= 0.6 is 0 Å². The van der Waals surface area contributed by atoms with Gasteiger partial charge in [0.25, 0.3) is 0 Å². The molecule has 1 aliphatic carbocycles. The Bertz CT molecular complexity index is 285. The van der Waals surface area contributed by atoms with Crippen LogP contribution in [0, 0.1) is 5.92 Å². The molecular weight excluding hydrogens is 261 g/mol. The number of nitrogens with two attached hydrogens (primary N) is 1. The first-order valence-corrected chi connectivity index (χ1v) is 6.56. The molecule has 1 rings (SSSR count). The molecule has 3 N–H and O–H groups in total. The van der Waals surface area contributed by atoms with E-state index >= 15 is 0 Å².